The van der Waals surface area contributed by atoms with Gasteiger partial charge >= 0.3 is 0 Å². The molecule has 1 saturated heterocycles. The first kappa shape index (κ1) is 9.30. The number of nitrogens with zero attached hydrogens (tertiary/aromatic N) is 1. The number of carbonyl (C=O) groups is 1. The summed E-state index contributed by atoms with van der Waals surface area (Å²) in [5.41, 5.74) is -0.287. The number of ether oxygens (including phenoxy) is 2. The van der Waals surface area contributed by atoms with E-state index >= 15 is 0 Å². The molecule has 1 aromatic rings. The first-order valence-electron chi connectivity index (χ1n) is 9.95. The Bertz CT molecular complexity index is 668. The average Bonchev–Trinajstić information content (AvgIpc) is 2.96. The van der Waals surface area contributed by atoms with Crippen LogP contribution >= 0.6 is 0 Å². The van der Waals surface area contributed by atoms with Crippen LogP contribution in [0, 0.1) is 0 Å². The molecule has 0 aliphatic carbocycles. The zero-order chi connectivity index (χ0) is 20.2. The smallest absolute Gasteiger partial charge is 0.170 e. The van der Waals surface area contributed by atoms with E-state index in [0.29, 0.717) is 6.42 Å². The quantitative estimate of drug-likeness (QED) is 0.784. The van der Waals surface area contributed by atoms with Crippen molar-refractivity contribution in [2.75, 3.05) is 33.7 Å². The van der Waals surface area contributed by atoms with Gasteiger partial charge in [0.2, 0.25) is 0 Å². The van der Waals surface area contributed by atoms with Crippen molar-refractivity contribution in [1.29, 1.82) is 0 Å². The van der Waals surface area contributed by atoms with E-state index in [4.69, 9.17) is 13.0 Å². The number of hydrogen-bond donors (Lipinski definition) is 1. The molecule has 1 aliphatic heterocycles. The highest BCUT2D eigenvalue weighted by atomic mass is 16.5. The number of benzene rings is 1. The van der Waals surface area contributed by atoms with Crippen LogP contribution in [0.2, 0.25) is 0 Å². The van der Waals surface area contributed by atoms with Gasteiger partial charge in [-0.3, -0.25) is 4.79 Å². The van der Waals surface area contributed by atoms with Gasteiger partial charge in [0.05, 0.1) is 22.3 Å². The van der Waals surface area contributed by atoms with E-state index in [2.05, 4.69) is 9.64 Å². The first-order chi connectivity index (χ1) is 12.4. The molecule has 0 saturated carbocycles. The normalized spacial score (nSPS) is 20.6. The molecule has 116 valence electrons. The second kappa shape index (κ2) is 7.31. The van der Waals surface area contributed by atoms with E-state index in [9.17, 15) is 9.90 Å². The fraction of sp³-hybridized carbons (Fsp3) is 0.562. The molecular formula is C16H23NO4. The lowest BCUT2D eigenvalue weighted by Crippen LogP contribution is -2.21. The van der Waals surface area contributed by atoms with Crippen LogP contribution < -0.4 is 9.47 Å². The monoisotopic (exact) mass is 299 g/mol. The minimum absolute atomic E-state index is 0.0981. The number of likely N-dealkylation sites (tertiary alicyclic amines) is 1. The molecule has 1 aliphatic rings. The molecule has 1 fully saturated rings. The number of ketones is 1. The Labute approximate surface area is 133 Å². The van der Waals surface area contributed by atoms with Gasteiger partial charge in [-0.1, -0.05) is 0 Å². The molecule has 0 amide bonds. The fourth-order valence-corrected chi connectivity index (χ4v) is 2.59. The van der Waals surface area contributed by atoms with E-state index < -0.39 is 31.4 Å². The van der Waals surface area contributed by atoms with Crippen LogP contribution in [0.15, 0.2) is 12.1 Å². The van der Waals surface area contributed by atoms with Crippen LogP contribution in [-0.4, -0.2) is 49.5 Å². The lowest BCUT2D eigenvalue weighted by molar-refractivity contribution is 0.0970. The molecule has 0 aromatic heterocycles. The highest BCUT2D eigenvalue weighted by molar-refractivity contribution is 6.01. The van der Waals surface area contributed by atoms with Crippen LogP contribution in [0.4, 0.5) is 0 Å². The van der Waals surface area contributed by atoms with Gasteiger partial charge in [0.1, 0.15) is 22.8 Å². The van der Waals surface area contributed by atoms with E-state index in [1.165, 1.54) is 0 Å². The van der Waals surface area contributed by atoms with Crippen molar-refractivity contribution in [3.8, 4) is 17.2 Å². The molecule has 0 bridgehead atoms. The topological polar surface area (TPSA) is 59.0 Å². The molecule has 0 atom stereocenters. The third-order valence-electron chi connectivity index (χ3n) is 3.64. The second-order valence-electron chi connectivity index (χ2n) is 5.10. The van der Waals surface area contributed by atoms with Gasteiger partial charge < -0.3 is 19.5 Å². The average molecular weight is 299 g/mol. The molecule has 5 nitrogen and oxygen atoms in total. The summed E-state index contributed by atoms with van der Waals surface area (Å²) in [6.45, 7) is 2.73. The predicted octanol–water partition coefficient (Wildman–Crippen LogP) is 2.47. The molecule has 1 heterocycles. The van der Waals surface area contributed by atoms with Crippen molar-refractivity contribution < 1.29 is 27.6 Å². The lowest BCUT2D eigenvalue weighted by atomic mass is 10.0. The Balaban J connectivity index is 2.19. The molecule has 0 radical (unpaired) electrons. The summed E-state index contributed by atoms with van der Waals surface area (Å²) in [5.74, 6) is -1.81. The molecule has 0 unspecified atom stereocenters. The van der Waals surface area contributed by atoms with Gasteiger partial charge in [-0.2, -0.15) is 0 Å². The summed E-state index contributed by atoms with van der Waals surface area (Å²) in [7, 11) is -5.68. The summed E-state index contributed by atoms with van der Waals surface area (Å²) in [4.78, 5) is 14.8. The van der Waals surface area contributed by atoms with Gasteiger partial charge in [-0.25, -0.2) is 0 Å². The maximum atomic E-state index is 12.5. The molecule has 21 heavy (non-hydrogen) atoms. The summed E-state index contributed by atoms with van der Waals surface area (Å²) in [6.07, 6.45) is 2.92. The third-order valence-corrected chi connectivity index (χ3v) is 3.64. The van der Waals surface area contributed by atoms with E-state index in [1.807, 2.05) is 0 Å². The van der Waals surface area contributed by atoms with Gasteiger partial charge in [-0.05, 0) is 38.9 Å². The lowest BCUT2D eigenvalue weighted by Gasteiger charge is -2.15. The summed E-state index contributed by atoms with van der Waals surface area (Å²) in [6, 6.07) is 1.96. The molecule has 2 rings (SSSR count). The van der Waals surface area contributed by atoms with Crippen LogP contribution in [0.3, 0.4) is 0 Å². The van der Waals surface area contributed by atoms with Crippen molar-refractivity contribution in [1.82, 2.24) is 4.90 Å². The Morgan fingerprint density at radius 1 is 1.33 bits per heavy atom. The Morgan fingerprint density at radius 2 is 2.10 bits per heavy atom. The number of hydrogen-bond acceptors (Lipinski definition) is 5. The first-order valence-corrected chi connectivity index (χ1v) is 6.95. The maximum Gasteiger partial charge on any atom is 0.170 e. The van der Waals surface area contributed by atoms with Gasteiger partial charge in [0, 0.05) is 18.6 Å². The molecule has 5 heteroatoms. The highest BCUT2D eigenvalue weighted by Crippen LogP contribution is 2.34. The van der Waals surface area contributed by atoms with Crippen LogP contribution in [0.25, 0.3) is 0 Å². The van der Waals surface area contributed by atoms with Crippen molar-refractivity contribution in [3.05, 3.63) is 17.7 Å². The summed E-state index contributed by atoms with van der Waals surface area (Å²) < 4.78 is 52.5. The number of phenolic OH excluding ortho intramolecular Hbond substituents is 1. The number of rotatable bonds is 7. The largest absolute Gasteiger partial charge is 0.507 e. The number of phenols is 1. The number of aromatic hydroxyl groups is 1. The minimum Gasteiger partial charge on any atom is -0.507 e. The van der Waals surface area contributed by atoms with E-state index in [0.717, 1.165) is 44.6 Å². The maximum absolute atomic E-state index is 12.5. The number of carbonyl (C=O) groups excluding carboxylic acids is 1. The van der Waals surface area contributed by atoms with Gasteiger partial charge in [0.25, 0.3) is 0 Å². The fourth-order valence-electron chi connectivity index (χ4n) is 2.59. The molecular weight excluding hydrogens is 270 g/mol. The van der Waals surface area contributed by atoms with Gasteiger partial charge in [-0.15, -0.1) is 0 Å². The van der Waals surface area contributed by atoms with Crippen molar-refractivity contribution in [2.24, 2.45) is 0 Å². The molecule has 1 aromatic carbocycles. The minimum atomic E-state index is -2.88. The zero-order valence-corrected chi connectivity index (χ0v) is 11.7. The standard InChI is InChI=1S/C16H23NO4/c1-20-12-10-14(19)16(15(11-12)21-2)13(18)6-5-9-17-7-3-4-8-17/h10-11,19H,3-9H2,1-2H3/i1D3,2D3. The molecule has 0 spiro atoms. The van der Waals surface area contributed by atoms with Crippen molar-refractivity contribution in [2.45, 2.75) is 25.7 Å². The SMILES string of the molecule is [2H]C([2H])([2H])Oc1cc(O)c(C(=O)CCCN2CCCC2)c(OC([2H])([2H])[2H])c1. The number of methoxy groups -OCH3 is 2. The molecule has 1 N–H and O–H groups in total. The van der Waals surface area contributed by atoms with Crippen LogP contribution in [-0.2, 0) is 0 Å². The number of Topliss-reactive ketones (excluding diaryl/α,β-unsaturated/α-hetero) is 1. The van der Waals surface area contributed by atoms with Crippen LogP contribution in [0.5, 0.6) is 17.2 Å². The predicted molar refractivity (Wildman–Crippen MR) is 80.4 cm³/mol. The Morgan fingerprint density at radius 3 is 2.81 bits per heavy atom. The van der Waals surface area contributed by atoms with Crippen molar-refractivity contribution >= 4 is 5.78 Å². The Kier molecular flexibility index (Phi) is 3.24. The highest BCUT2D eigenvalue weighted by Gasteiger charge is 2.19. The van der Waals surface area contributed by atoms with Crippen molar-refractivity contribution in [3.63, 3.8) is 0 Å². The summed E-state index contributed by atoms with van der Waals surface area (Å²) in [5, 5.41) is 10.2. The third kappa shape index (κ3) is 3.88. The van der Waals surface area contributed by atoms with Crippen LogP contribution in [0.1, 0.15) is 44.3 Å². The Hall–Kier alpha value is -1.75. The zero-order valence-electron chi connectivity index (χ0n) is 17.7. The van der Waals surface area contributed by atoms with E-state index in [1.54, 1.807) is 0 Å². The van der Waals surface area contributed by atoms with Gasteiger partial charge in [0.15, 0.2) is 5.78 Å². The second-order valence-corrected chi connectivity index (χ2v) is 5.10. The summed E-state index contributed by atoms with van der Waals surface area (Å²) >= 11 is 0. The van der Waals surface area contributed by atoms with E-state index in [-0.39, 0.29) is 17.7 Å².